The van der Waals surface area contributed by atoms with Crippen LogP contribution in [0.4, 0.5) is 5.82 Å². The van der Waals surface area contributed by atoms with Crippen LogP contribution in [0.3, 0.4) is 0 Å². The Morgan fingerprint density at radius 2 is 1.98 bits per heavy atom. The van der Waals surface area contributed by atoms with Crippen molar-refractivity contribution in [1.29, 1.82) is 0 Å². The fourth-order valence-corrected chi connectivity index (χ4v) is 5.94. The van der Waals surface area contributed by atoms with Crippen LogP contribution in [0.1, 0.15) is 38.8 Å². The van der Waals surface area contributed by atoms with E-state index in [1.165, 1.54) is 18.3 Å². The molecule has 2 heterocycles. The van der Waals surface area contributed by atoms with Crippen LogP contribution in [-0.4, -0.2) is 63.3 Å². The van der Waals surface area contributed by atoms with Crippen LogP contribution in [0.15, 0.2) is 72.2 Å². The number of unbranched alkanes of at least 4 members (excludes halogenated alkanes) is 3. The maximum atomic E-state index is 14.1. The van der Waals surface area contributed by atoms with E-state index in [4.69, 9.17) is 24.3 Å². The van der Waals surface area contributed by atoms with Crippen molar-refractivity contribution >= 4 is 30.3 Å². The lowest BCUT2D eigenvalue weighted by atomic mass is 9.96. The Hall–Kier alpha value is -3.58. The number of carbonyl (C=O) groups is 1. The van der Waals surface area contributed by atoms with E-state index in [0.717, 1.165) is 29.2 Å². The van der Waals surface area contributed by atoms with Gasteiger partial charge in [-0.3, -0.25) is 13.9 Å². The van der Waals surface area contributed by atoms with Gasteiger partial charge >= 0.3 is 19.4 Å². The molecule has 5 N–H and O–H groups in total. The average molecular weight is 617 g/mol. The molecule has 1 unspecified atom stereocenters. The van der Waals surface area contributed by atoms with E-state index in [1.807, 2.05) is 18.2 Å². The van der Waals surface area contributed by atoms with E-state index in [1.54, 1.807) is 24.3 Å². The molecule has 0 spiro atoms. The lowest BCUT2D eigenvalue weighted by molar-refractivity contribution is -0.142. The molecule has 3 aromatic rings. The summed E-state index contributed by atoms with van der Waals surface area (Å²) in [4.78, 5) is 28.5. The normalized spacial score (nSPS) is 23.1. The number of esters is 1. The van der Waals surface area contributed by atoms with E-state index in [2.05, 4.69) is 23.6 Å². The van der Waals surface area contributed by atoms with Crippen molar-refractivity contribution in [2.75, 3.05) is 25.5 Å². The van der Waals surface area contributed by atoms with Crippen molar-refractivity contribution in [2.24, 2.45) is 0 Å². The Morgan fingerprint density at radius 1 is 1.21 bits per heavy atom. The molecule has 43 heavy (non-hydrogen) atoms. The molecule has 232 valence electrons. The number of nitrogens with two attached hydrogens (primary N) is 1. The van der Waals surface area contributed by atoms with E-state index in [-0.39, 0.29) is 18.2 Å². The number of carbonyl (C=O) groups excluding carboxylic acids is 1. The first kappa shape index (κ1) is 32.3. The summed E-state index contributed by atoms with van der Waals surface area (Å²) in [6, 6.07) is 13.7. The highest BCUT2D eigenvalue weighted by Gasteiger charge is 2.54. The SMILES string of the molecule is C=C[C@]1(COP(=O)(NCC(=O)OCCCCCC)Oc2cccc3ccccc23)O[C@@H](n2ccc(N)nc2=O)[C@H](O)[C@@H]1O. The first-order chi connectivity index (χ1) is 20.6. The molecule has 0 amide bonds. The monoisotopic (exact) mass is 616 g/mol. The van der Waals surface area contributed by atoms with Crippen molar-refractivity contribution in [2.45, 2.75) is 56.6 Å². The third kappa shape index (κ3) is 7.69. The van der Waals surface area contributed by atoms with Gasteiger partial charge in [0.25, 0.3) is 0 Å². The van der Waals surface area contributed by atoms with Crippen LogP contribution >= 0.6 is 7.75 Å². The summed E-state index contributed by atoms with van der Waals surface area (Å²) >= 11 is 0. The summed E-state index contributed by atoms with van der Waals surface area (Å²) in [6.45, 7) is 4.83. The Balaban J connectivity index is 1.55. The second-order valence-electron chi connectivity index (χ2n) is 10.1. The molecule has 0 bridgehead atoms. The summed E-state index contributed by atoms with van der Waals surface area (Å²) < 4.78 is 37.8. The van der Waals surface area contributed by atoms with Gasteiger partial charge in [-0.1, -0.05) is 68.7 Å². The minimum atomic E-state index is -4.38. The lowest BCUT2D eigenvalue weighted by Crippen LogP contribution is -2.45. The number of nitrogen functional groups attached to an aromatic ring is 1. The maximum Gasteiger partial charge on any atom is 0.459 e. The lowest BCUT2D eigenvalue weighted by Gasteiger charge is -2.30. The van der Waals surface area contributed by atoms with Crippen molar-refractivity contribution < 1.29 is 38.1 Å². The van der Waals surface area contributed by atoms with Gasteiger partial charge in [0.1, 0.15) is 35.9 Å². The maximum absolute atomic E-state index is 14.1. The van der Waals surface area contributed by atoms with E-state index >= 15 is 0 Å². The zero-order valence-corrected chi connectivity index (χ0v) is 24.7. The quantitative estimate of drug-likeness (QED) is 0.0848. The molecule has 0 saturated carbocycles. The largest absolute Gasteiger partial charge is 0.465 e. The predicted octanol–water partition coefficient (Wildman–Crippen LogP) is 3.07. The van der Waals surface area contributed by atoms with Crippen molar-refractivity contribution in [3.8, 4) is 5.75 Å². The molecule has 1 fully saturated rings. The molecule has 13 nitrogen and oxygen atoms in total. The number of hydrogen-bond acceptors (Lipinski definition) is 11. The van der Waals surface area contributed by atoms with Gasteiger partial charge in [-0.15, -0.1) is 6.58 Å². The van der Waals surface area contributed by atoms with Gasteiger partial charge < -0.3 is 29.9 Å². The minimum absolute atomic E-state index is 0.0373. The Morgan fingerprint density at radius 3 is 2.72 bits per heavy atom. The number of nitrogens with one attached hydrogen (secondary N) is 1. The summed E-state index contributed by atoms with van der Waals surface area (Å²) in [5.74, 6) is -0.493. The zero-order valence-electron chi connectivity index (χ0n) is 23.8. The van der Waals surface area contributed by atoms with Gasteiger partial charge in [0.15, 0.2) is 6.23 Å². The molecule has 0 radical (unpaired) electrons. The van der Waals surface area contributed by atoms with Crippen LogP contribution in [0.2, 0.25) is 0 Å². The van der Waals surface area contributed by atoms with E-state index < -0.39 is 56.6 Å². The second-order valence-corrected chi connectivity index (χ2v) is 11.9. The van der Waals surface area contributed by atoms with Gasteiger partial charge in [0.2, 0.25) is 0 Å². The first-order valence-electron chi connectivity index (χ1n) is 14.0. The fourth-order valence-electron chi connectivity index (χ4n) is 4.62. The molecule has 0 aliphatic carbocycles. The van der Waals surface area contributed by atoms with Gasteiger partial charge in [0, 0.05) is 11.6 Å². The zero-order chi connectivity index (χ0) is 31.0. The highest BCUT2D eigenvalue weighted by molar-refractivity contribution is 7.52. The molecule has 1 aliphatic rings. The number of hydrogen-bond donors (Lipinski definition) is 4. The van der Waals surface area contributed by atoms with Crippen LogP contribution in [0.5, 0.6) is 5.75 Å². The van der Waals surface area contributed by atoms with Crippen molar-refractivity contribution in [1.82, 2.24) is 14.6 Å². The number of aliphatic hydroxyl groups excluding tert-OH is 2. The third-order valence-corrected chi connectivity index (χ3v) is 8.49. The number of rotatable bonds is 15. The van der Waals surface area contributed by atoms with Gasteiger partial charge in [0.05, 0.1) is 13.2 Å². The second kappa shape index (κ2) is 14.3. The standard InChI is InChI=1S/C29H37N4O9P/c1-3-5-6-9-17-39-24(34)18-31-43(38,42-22-14-10-12-20-11-7-8-13-21(20)22)40-19-29(4-2)26(36)25(35)27(41-29)33-16-15-23(30)32-28(33)37/h4,7-8,10-16,25-27,35-36H,2-3,5-6,9,17-19H2,1H3,(H,31,38)(H2,30,32,37)/t25-,26+,27-,29-,43?/m1/s1. The molecule has 4 rings (SSSR count). The van der Waals surface area contributed by atoms with Crippen molar-refractivity contribution in [3.63, 3.8) is 0 Å². The third-order valence-electron chi connectivity index (χ3n) is 7.03. The fraction of sp³-hybridized carbons (Fsp3) is 0.414. The summed E-state index contributed by atoms with van der Waals surface area (Å²) in [7, 11) is -4.38. The number of anilines is 1. The number of benzene rings is 2. The average Bonchev–Trinajstić information content (AvgIpc) is 3.25. The number of nitrogens with zero attached hydrogens (tertiary/aromatic N) is 2. The highest BCUT2D eigenvalue weighted by atomic mass is 31.2. The van der Waals surface area contributed by atoms with E-state index in [9.17, 15) is 24.4 Å². The number of fused-ring (bicyclic) bond motifs is 1. The molecule has 5 atom stereocenters. The Kier molecular flexibility index (Phi) is 10.7. The van der Waals surface area contributed by atoms with Crippen LogP contribution in [0, 0.1) is 0 Å². The smallest absolute Gasteiger partial charge is 0.459 e. The topological polar surface area (TPSA) is 184 Å². The Labute approximate surface area is 248 Å². The summed E-state index contributed by atoms with van der Waals surface area (Å²) in [5.41, 5.74) is 2.89. The molecule has 1 aliphatic heterocycles. The Bertz CT molecular complexity index is 1530. The van der Waals surface area contributed by atoms with E-state index in [0.29, 0.717) is 11.8 Å². The number of aliphatic hydroxyl groups is 2. The van der Waals surface area contributed by atoms with Crippen LogP contribution in [-0.2, 0) is 23.4 Å². The molecule has 2 aromatic carbocycles. The number of aromatic nitrogens is 2. The van der Waals surface area contributed by atoms with Gasteiger partial charge in [-0.05, 0) is 23.9 Å². The van der Waals surface area contributed by atoms with Crippen LogP contribution in [0.25, 0.3) is 10.8 Å². The van der Waals surface area contributed by atoms with Gasteiger partial charge in [-0.2, -0.15) is 4.98 Å². The summed E-state index contributed by atoms with van der Waals surface area (Å²) in [6.07, 6.45) is 1.42. The molecule has 1 saturated heterocycles. The first-order valence-corrected chi connectivity index (χ1v) is 15.5. The minimum Gasteiger partial charge on any atom is -0.465 e. The van der Waals surface area contributed by atoms with Crippen molar-refractivity contribution in [3.05, 3.63) is 77.9 Å². The highest BCUT2D eigenvalue weighted by Crippen LogP contribution is 2.48. The predicted molar refractivity (Wildman–Crippen MR) is 159 cm³/mol. The van der Waals surface area contributed by atoms with Crippen LogP contribution < -0.4 is 21.0 Å². The molecule has 1 aromatic heterocycles. The van der Waals surface area contributed by atoms with Gasteiger partial charge in [-0.25, -0.2) is 14.4 Å². The number of ether oxygens (including phenoxy) is 2. The molecule has 14 heteroatoms. The summed E-state index contributed by atoms with van der Waals surface area (Å²) in [5, 5.41) is 25.7. The molecular weight excluding hydrogens is 579 g/mol. The molecular formula is C29H37N4O9P.